The molecule has 0 atom stereocenters. The van der Waals surface area contributed by atoms with Crippen LogP contribution in [-0.2, 0) is 13.0 Å². The number of rotatable bonds is 7. The molecule has 0 saturated heterocycles. The highest BCUT2D eigenvalue weighted by Crippen LogP contribution is 2.25. The summed E-state index contributed by atoms with van der Waals surface area (Å²) in [7, 11) is 3.21. The van der Waals surface area contributed by atoms with Gasteiger partial charge in [-0.15, -0.1) is 0 Å². The molecule has 1 heterocycles. The van der Waals surface area contributed by atoms with Crippen LogP contribution in [0.15, 0.2) is 41.5 Å². The zero-order chi connectivity index (χ0) is 22.4. The van der Waals surface area contributed by atoms with Gasteiger partial charge in [-0.1, -0.05) is 43.0 Å². The molecule has 1 aliphatic carbocycles. The summed E-state index contributed by atoms with van der Waals surface area (Å²) in [5.74, 6) is -0.345. The van der Waals surface area contributed by atoms with Crippen molar-refractivity contribution >= 4 is 23.4 Å². The van der Waals surface area contributed by atoms with Crippen molar-refractivity contribution in [1.29, 1.82) is 0 Å². The third-order valence-electron chi connectivity index (χ3n) is 5.77. The van der Waals surface area contributed by atoms with Crippen molar-refractivity contribution in [2.45, 2.75) is 45.1 Å². The van der Waals surface area contributed by atoms with Crippen LogP contribution in [0.2, 0.25) is 5.02 Å². The molecule has 7 heteroatoms. The van der Waals surface area contributed by atoms with Crippen LogP contribution >= 0.6 is 11.6 Å². The number of hydrogen-bond donors (Lipinski definition) is 1. The first kappa shape index (κ1) is 23.1. The van der Waals surface area contributed by atoms with E-state index in [9.17, 15) is 14.4 Å². The van der Waals surface area contributed by atoms with E-state index < -0.39 is 17.2 Å². The van der Waals surface area contributed by atoms with Gasteiger partial charge in [0, 0.05) is 44.6 Å². The summed E-state index contributed by atoms with van der Waals surface area (Å²) in [6.45, 7) is 1.09. The summed E-state index contributed by atoms with van der Waals surface area (Å²) in [5.41, 5.74) is 0.560. The molecule has 3 rings (SSSR count). The molecule has 166 valence electrons. The number of hydrogen-bond acceptors (Lipinski definition) is 3. The van der Waals surface area contributed by atoms with Crippen molar-refractivity contribution in [3.63, 3.8) is 0 Å². The van der Waals surface area contributed by atoms with Gasteiger partial charge in [0.2, 0.25) is 5.43 Å². The Balaban J connectivity index is 1.78. The zero-order valence-electron chi connectivity index (χ0n) is 18.2. The van der Waals surface area contributed by atoms with E-state index in [2.05, 4.69) is 5.32 Å². The molecule has 0 unspecified atom stereocenters. The molecule has 2 amide bonds. The third-order valence-corrected chi connectivity index (χ3v) is 6.02. The van der Waals surface area contributed by atoms with Gasteiger partial charge in [0.15, 0.2) is 0 Å². The van der Waals surface area contributed by atoms with Crippen LogP contribution in [0.5, 0.6) is 0 Å². The van der Waals surface area contributed by atoms with Gasteiger partial charge < -0.3 is 14.8 Å². The van der Waals surface area contributed by atoms with Gasteiger partial charge in [0.05, 0.1) is 0 Å². The fraction of sp³-hybridized carbons (Fsp3) is 0.458. The fourth-order valence-corrected chi connectivity index (χ4v) is 4.15. The highest BCUT2D eigenvalue weighted by molar-refractivity contribution is 6.30. The largest absolute Gasteiger partial charge is 0.352 e. The van der Waals surface area contributed by atoms with Gasteiger partial charge in [-0.3, -0.25) is 14.4 Å². The second-order valence-corrected chi connectivity index (χ2v) is 8.88. The van der Waals surface area contributed by atoms with Crippen LogP contribution in [0.4, 0.5) is 0 Å². The molecular weight excluding hydrogens is 414 g/mol. The predicted molar refractivity (Wildman–Crippen MR) is 123 cm³/mol. The first-order valence-corrected chi connectivity index (χ1v) is 11.2. The maximum absolute atomic E-state index is 12.9. The quantitative estimate of drug-likeness (QED) is 0.708. The molecule has 1 aliphatic rings. The average molecular weight is 444 g/mol. The van der Waals surface area contributed by atoms with Crippen LogP contribution in [0, 0.1) is 5.92 Å². The Labute approximate surface area is 188 Å². The van der Waals surface area contributed by atoms with Crippen molar-refractivity contribution < 1.29 is 9.59 Å². The van der Waals surface area contributed by atoms with E-state index >= 15 is 0 Å². The Bertz CT molecular complexity index is 977. The maximum atomic E-state index is 12.9. The van der Waals surface area contributed by atoms with Crippen LogP contribution in [-0.4, -0.2) is 41.9 Å². The Morgan fingerprint density at radius 3 is 2.35 bits per heavy atom. The molecule has 0 spiro atoms. The molecule has 31 heavy (non-hydrogen) atoms. The number of nitrogens with one attached hydrogen (secondary N) is 1. The molecule has 0 radical (unpaired) electrons. The van der Waals surface area contributed by atoms with Gasteiger partial charge in [-0.25, -0.2) is 0 Å². The summed E-state index contributed by atoms with van der Waals surface area (Å²) in [5, 5.41) is 3.48. The molecule has 2 aromatic rings. The lowest BCUT2D eigenvalue weighted by Gasteiger charge is -2.23. The number of nitrogens with zero attached hydrogens (tertiary/aromatic N) is 2. The van der Waals surface area contributed by atoms with Crippen LogP contribution in [0.3, 0.4) is 0 Å². The topological polar surface area (TPSA) is 71.4 Å². The van der Waals surface area contributed by atoms with E-state index in [-0.39, 0.29) is 11.1 Å². The smallest absolute Gasteiger partial charge is 0.258 e. The number of amides is 2. The molecular formula is C24H30ClN3O3. The van der Waals surface area contributed by atoms with Gasteiger partial charge in [0.1, 0.15) is 11.1 Å². The Morgan fingerprint density at radius 2 is 1.71 bits per heavy atom. The number of aromatic nitrogens is 1. The van der Waals surface area contributed by atoms with E-state index in [0.717, 1.165) is 18.4 Å². The molecule has 1 N–H and O–H groups in total. The van der Waals surface area contributed by atoms with E-state index in [1.54, 1.807) is 38.6 Å². The highest BCUT2D eigenvalue weighted by Gasteiger charge is 2.22. The molecule has 0 aliphatic heterocycles. The number of halogens is 1. The van der Waals surface area contributed by atoms with Crippen molar-refractivity contribution in [2.24, 2.45) is 5.92 Å². The number of carbonyl (C=O) groups excluding carboxylic acids is 2. The monoisotopic (exact) mass is 443 g/mol. The Hall–Kier alpha value is -2.60. The summed E-state index contributed by atoms with van der Waals surface area (Å²) >= 11 is 5.90. The molecule has 1 aromatic carbocycles. The summed E-state index contributed by atoms with van der Waals surface area (Å²) in [6.07, 6.45) is 9.74. The van der Waals surface area contributed by atoms with Crippen molar-refractivity contribution in [2.75, 3.05) is 20.6 Å². The second kappa shape index (κ2) is 10.6. The first-order valence-electron chi connectivity index (χ1n) is 10.8. The van der Waals surface area contributed by atoms with Gasteiger partial charge in [0.25, 0.3) is 11.8 Å². The molecule has 0 bridgehead atoms. The fourth-order valence-electron chi connectivity index (χ4n) is 4.03. The number of benzene rings is 1. The van der Waals surface area contributed by atoms with Gasteiger partial charge >= 0.3 is 0 Å². The van der Waals surface area contributed by atoms with Crippen molar-refractivity contribution in [3.05, 3.63) is 68.6 Å². The van der Waals surface area contributed by atoms with E-state index in [1.807, 2.05) is 16.7 Å². The van der Waals surface area contributed by atoms with Crippen LogP contribution in [0.1, 0.15) is 58.4 Å². The third kappa shape index (κ3) is 6.20. The van der Waals surface area contributed by atoms with E-state index in [1.165, 1.54) is 24.2 Å². The summed E-state index contributed by atoms with van der Waals surface area (Å²) in [6, 6.07) is 7.42. The lowest BCUT2D eigenvalue weighted by molar-refractivity contribution is 0.0825. The van der Waals surface area contributed by atoms with Crippen molar-refractivity contribution in [1.82, 2.24) is 14.8 Å². The Kier molecular flexibility index (Phi) is 7.91. The number of pyridine rings is 1. The standard InChI is InChI=1S/C24H30ClN3O3/c1-27(2)24(31)21-16-28(14-18-6-4-3-5-7-18)15-20(22(21)29)23(30)26-13-12-17-8-10-19(25)11-9-17/h8-11,15-16,18H,3-7,12-14H2,1-2H3,(H,26,30). The average Bonchev–Trinajstić information content (AvgIpc) is 2.76. The lowest BCUT2D eigenvalue weighted by Crippen LogP contribution is -2.36. The number of carbonyl (C=O) groups is 2. The SMILES string of the molecule is CN(C)C(=O)c1cn(CC2CCCCC2)cc(C(=O)NCCc2ccc(Cl)cc2)c1=O. The summed E-state index contributed by atoms with van der Waals surface area (Å²) in [4.78, 5) is 39.7. The van der Waals surface area contributed by atoms with Crippen LogP contribution < -0.4 is 10.7 Å². The predicted octanol–water partition coefficient (Wildman–Crippen LogP) is 3.76. The minimum absolute atomic E-state index is 0.0135. The Morgan fingerprint density at radius 1 is 1.06 bits per heavy atom. The molecule has 1 fully saturated rings. The van der Waals surface area contributed by atoms with Crippen LogP contribution in [0.25, 0.3) is 0 Å². The minimum Gasteiger partial charge on any atom is -0.352 e. The zero-order valence-corrected chi connectivity index (χ0v) is 19.0. The first-order chi connectivity index (χ1) is 14.8. The van der Waals surface area contributed by atoms with E-state index in [0.29, 0.717) is 30.5 Å². The van der Waals surface area contributed by atoms with Crippen molar-refractivity contribution in [3.8, 4) is 0 Å². The highest BCUT2D eigenvalue weighted by atomic mass is 35.5. The lowest BCUT2D eigenvalue weighted by atomic mass is 9.89. The van der Waals surface area contributed by atoms with E-state index in [4.69, 9.17) is 11.6 Å². The normalized spacial score (nSPS) is 14.3. The maximum Gasteiger partial charge on any atom is 0.258 e. The summed E-state index contributed by atoms with van der Waals surface area (Å²) < 4.78 is 1.85. The van der Waals surface area contributed by atoms with Gasteiger partial charge in [-0.05, 0) is 42.9 Å². The minimum atomic E-state index is -0.525. The second-order valence-electron chi connectivity index (χ2n) is 8.45. The molecule has 1 saturated carbocycles. The van der Waals surface area contributed by atoms with Gasteiger partial charge in [-0.2, -0.15) is 0 Å². The molecule has 1 aromatic heterocycles. The molecule has 6 nitrogen and oxygen atoms in total.